The SMILES string of the molecule is COc1ccc(CCC(=O)Nc2oncc2-c2ccc(OC)cc2)cc1. The highest BCUT2D eigenvalue weighted by Gasteiger charge is 2.13. The number of ether oxygens (including phenoxy) is 2. The van der Waals surface area contributed by atoms with Gasteiger partial charge in [0.2, 0.25) is 11.8 Å². The van der Waals surface area contributed by atoms with E-state index in [-0.39, 0.29) is 5.91 Å². The minimum Gasteiger partial charge on any atom is -0.497 e. The number of rotatable bonds is 7. The van der Waals surface area contributed by atoms with Crippen LogP contribution in [0.1, 0.15) is 12.0 Å². The zero-order valence-corrected chi connectivity index (χ0v) is 14.7. The van der Waals surface area contributed by atoms with E-state index in [9.17, 15) is 4.79 Å². The standard InChI is InChI=1S/C20H20N2O4/c1-24-16-8-3-14(4-9-16)5-12-19(23)22-20-18(13-21-26-20)15-6-10-17(25-2)11-7-15/h3-4,6-11,13H,5,12H2,1-2H3,(H,22,23). The van der Waals surface area contributed by atoms with Gasteiger partial charge in [0.25, 0.3) is 0 Å². The van der Waals surface area contributed by atoms with Crippen molar-refractivity contribution in [1.82, 2.24) is 5.16 Å². The number of carbonyl (C=O) groups excluding carboxylic acids is 1. The molecule has 0 fully saturated rings. The third-order valence-corrected chi connectivity index (χ3v) is 4.02. The number of benzene rings is 2. The number of aromatic nitrogens is 1. The molecule has 1 N–H and O–H groups in total. The predicted molar refractivity (Wildman–Crippen MR) is 98.4 cm³/mol. The van der Waals surface area contributed by atoms with Crippen molar-refractivity contribution >= 4 is 11.8 Å². The van der Waals surface area contributed by atoms with E-state index in [2.05, 4.69) is 10.5 Å². The molecule has 6 heteroatoms. The van der Waals surface area contributed by atoms with Gasteiger partial charge in [-0.15, -0.1) is 0 Å². The number of aryl methyl sites for hydroxylation is 1. The number of methoxy groups -OCH3 is 2. The summed E-state index contributed by atoms with van der Waals surface area (Å²) in [5.74, 6) is 1.77. The zero-order chi connectivity index (χ0) is 18.4. The number of nitrogens with zero attached hydrogens (tertiary/aromatic N) is 1. The van der Waals surface area contributed by atoms with Crippen LogP contribution in [-0.2, 0) is 11.2 Å². The molecule has 6 nitrogen and oxygen atoms in total. The van der Waals surface area contributed by atoms with Gasteiger partial charge in [-0.1, -0.05) is 29.4 Å². The minimum atomic E-state index is -0.132. The van der Waals surface area contributed by atoms with Gasteiger partial charge in [0, 0.05) is 6.42 Å². The molecule has 1 heterocycles. The highest BCUT2D eigenvalue weighted by molar-refractivity contribution is 5.93. The van der Waals surface area contributed by atoms with Crippen LogP contribution >= 0.6 is 0 Å². The Morgan fingerprint density at radius 3 is 2.23 bits per heavy atom. The Morgan fingerprint density at radius 2 is 1.62 bits per heavy atom. The van der Waals surface area contributed by atoms with Crippen LogP contribution < -0.4 is 14.8 Å². The first-order valence-electron chi connectivity index (χ1n) is 8.21. The van der Waals surface area contributed by atoms with Crippen molar-refractivity contribution < 1.29 is 18.8 Å². The first kappa shape index (κ1) is 17.5. The second kappa shape index (κ2) is 8.20. The molecule has 2 aromatic carbocycles. The normalized spacial score (nSPS) is 10.4. The fraction of sp³-hybridized carbons (Fsp3) is 0.200. The largest absolute Gasteiger partial charge is 0.497 e. The van der Waals surface area contributed by atoms with Crippen LogP contribution in [-0.4, -0.2) is 25.3 Å². The molecule has 0 aliphatic carbocycles. The summed E-state index contributed by atoms with van der Waals surface area (Å²) in [6, 6.07) is 15.1. The molecule has 0 spiro atoms. The minimum absolute atomic E-state index is 0.132. The molecule has 0 bridgehead atoms. The second-order valence-electron chi connectivity index (χ2n) is 5.69. The molecule has 0 aliphatic rings. The van der Waals surface area contributed by atoms with Crippen LogP contribution in [0.15, 0.2) is 59.3 Å². The van der Waals surface area contributed by atoms with Crippen LogP contribution in [0.2, 0.25) is 0 Å². The molecule has 0 atom stereocenters. The molecule has 1 aromatic heterocycles. The monoisotopic (exact) mass is 352 g/mol. The number of anilines is 1. The van der Waals surface area contributed by atoms with Gasteiger partial charge in [0.05, 0.1) is 26.0 Å². The van der Waals surface area contributed by atoms with E-state index in [1.54, 1.807) is 20.4 Å². The fourth-order valence-electron chi connectivity index (χ4n) is 2.55. The quantitative estimate of drug-likeness (QED) is 0.697. The Balaban J connectivity index is 1.61. The van der Waals surface area contributed by atoms with E-state index in [1.807, 2.05) is 48.5 Å². The summed E-state index contributed by atoms with van der Waals surface area (Å²) >= 11 is 0. The highest BCUT2D eigenvalue weighted by atomic mass is 16.5. The van der Waals surface area contributed by atoms with Crippen molar-refractivity contribution in [3.8, 4) is 22.6 Å². The lowest BCUT2D eigenvalue weighted by Gasteiger charge is -2.06. The van der Waals surface area contributed by atoms with Crippen LogP contribution in [0.25, 0.3) is 11.1 Å². The van der Waals surface area contributed by atoms with Crippen LogP contribution in [0.5, 0.6) is 11.5 Å². The predicted octanol–water partition coefficient (Wildman–Crippen LogP) is 3.93. The first-order valence-corrected chi connectivity index (χ1v) is 8.21. The maximum atomic E-state index is 12.2. The molecule has 3 aromatic rings. The summed E-state index contributed by atoms with van der Waals surface area (Å²) in [7, 11) is 3.24. The molecule has 0 unspecified atom stereocenters. The molecule has 134 valence electrons. The van der Waals surface area contributed by atoms with Crippen molar-refractivity contribution in [1.29, 1.82) is 0 Å². The Bertz CT molecular complexity index is 854. The molecule has 0 saturated carbocycles. The van der Waals surface area contributed by atoms with Gasteiger partial charge in [-0.2, -0.15) is 0 Å². The lowest BCUT2D eigenvalue weighted by Crippen LogP contribution is -2.12. The van der Waals surface area contributed by atoms with Gasteiger partial charge in [-0.05, 0) is 41.8 Å². The van der Waals surface area contributed by atoms with Crippen molar-refractivity contribution in [3.63, 3.8) is 0 Å². The van der Waals surface area contributed by atoms with Crippen LogP contribution in [0.3, 0.4) is 0 Å². The molecule has 0 saturated heterocycles. The number of nitrogens with one attached hydrogen (secondary N) is 1. The topological polar surface area (TPSA) is 73.6 Å². The fourth-order valence-corrected chi connectivity index (χ4v) is 2.55. The maximum absolute atomic E-state index is 12.2. The Hall–Kier alpha value is -3.28. The van der Waals surface area contributed by atoms with E-state index in [1.165, 1.54) is 0 Å². The molecule has 1 amide bonds. The van der Waals surface area contributed by atoms with Gasteiger partial charge in [-0.3, -0.25) is 10.1 Å². The Kier molecular flexibility index (Phi) is 5.53. The van der Waals surface area contributed by atoms with Gasteiger partial charge in [-0.25, -0.2) is 0 Å². The van der Waals surface area contributed by atoms with Gasteiger partial charge in [0.15, 0.2) is 0 Å². The number of carbonyl (C=O) groups is 1. The van der Waals surface area contributed by atoms with Crippen LogP contribution in [0, 0.1) is 0 Å². The van der Waals surface area contributed by atoms with Gasteiger partial charge >= 0.3 is 0 Å². The van der Waals surface area contributed by atoms with Crippen molar-refractivity contribution in [3.05, 3.63) is 60.3 Å². The lowest BCUT2D eigenvalue weighted by atomic mass is 10.1. The van der Waals surface area contributed by atoms with Crippen molar-refractivity contribution in [2.24, 2.45) is 0 Å². The van der Waals surface area contributed by atoms with E-state index in [4.69, 9.17) is 14.0 Å². The number of amides is 1. The van der Waals surface area contributed by atoms with E-state index in [0.29, 0.717) is 18.7 Å². The first-order chi connectivity index (χ1) is 12.7. The average Bonchev–Trinajstić information content (AvgIpc) is 3.15. The summed E-state index contributed by atoms with van der Waals surface area (Å²) in [5, 5.41) is 6.58. The third kappa shape index (κ3) is 4.22. The summed E-state index contributed by atoms with van der Waals surface area (Å²) < 4.78 is 15.5. The van der Waals surface area contributed by atoms with Crippen LogP contribution in [0.4, 0.5) is 5.88 Å². The summed E-state index contributed by atoms with van der Waals surface area (Å²) in [5.41, 5.74) is 2.68. The van der Waals surface area contributed by atoms with E-state index >= 15 is 0 Å². The molecular weight excluding hydrogens is 332 g/mol. The molecule has 26 heavy (non-hydrogen) atoms. The van der Waals surface area contributed by atoms with E-state index in [0.717, 1.165) is 28.2 Å². The Morgan fingerprint density at radius 1 is 1.00 bits per heavy atom. The average molecular weight is 352 g/mol. The molecular formula is C20H20N2O4. The Labute approximate surface area is 151 Å². The lowest BCUT2D eigenvalue weighted by molar-refractivity contribution is -0.116. The second-order valence-corrected chi connectivity index (χ2v) is 5.69. The maximum Gasteiger partial charge on any atom is 0.239 e. The molecule has 0 radical (unpaired) electrons. The summed E-state index contributed by atoms with van der Waals surface area (Å²) in [4.78, 5) is 12.2. The third-order valence-electron chi connectivity index (χ3n) is 4.02. The smallest absolute Gasteiger partial charge is 0.239 e. The highest BCUT2D eigenvalue weighted by Crippen LogP contribution is 2.29. The summed E-state index contributed by atoms with van der Waals surface area (Å²) in [6.07, 6.45) is 2.55. The number of hydrogen-bond donors (Lipinski definition) is 1. The van der Waals surface area contributed by atoms with Gasteiger partial charge < -0.3 is 14.0 Å². The zero-order valence-electron chi connectivity index (χ0n) is 14.7. The summed E-state index contributed by atoms with van der Waals surface area (Å²) in [6.45, 7) is 0. The van der Waals surface area contributed by atoms with Crippen molar-refractivity contribution in [2.75, 3.05) is 19.5 Å². The molecule has 0 aliphatic heterocycles. The van der Waals surface area contributed by atoms with Crippen molar-refractivity contribution in [2.45, 2.75) is 12.8 Å². The van der Waals surface area contributed by atoms with Gasteiger partial charge in [0.1, 0.15) is 11.5 Å². The molecule has 3 rings (SSSR count). The number of hydrogen-bond acceptors (Lipinski definition) is 5. The van der Waals surface area contributed by atoms with E-state index < -0.39 is 0 Å².